The predicted molar refractivity (Wildman–Crippen MR) is 127 cm³/mol. The minimum Gasteiger partial charge on any atom is -0.363 e. The van der Waals surface area contributed by atoms with E-state index in [0.29, 0.717) is 6.54 Å². The third kappa shape index (κ3) is 4.91. The standard InChI is InChI=1S/C22H21FN7O3P/c1-32-34(31,33-2)16-6-8-19(17(23)11-16)28-20-13-27-22(30-24)21(29-20)26-12-14-5-7-18-15(10-14)4-3-9-25-18/h3-11,13,24H,12H2,1-2H3,(H2,26,28,29). The van der Waals surface area contributed by atoms with Gasteiger partial charge in [0.15, 0.2) is 11.6 Å². The van der Waals surface area contributed by atoms with Gasteiger partial charge in [0.2, 0.25) is 5.82 Å². The summed E-state index contributed by atoms with van der Waals surface area (Å²) in [6.45, 7) is 0.401. The summed E-state index contributed by atoms with van der Waals surface area (Å²) in [5, 5.41) is 10.4. The quantitative estimate of drug-likeness (QED) is 0.217. The molecule has 0 saturated heterocycles. The Labute approximate surface area is 194 Å². The molecule has 34 heavy (non-hydrogen) atoms. The molecule has 0 atom stereocenters. The first kappa shape index (κ1) is 23.4. The number of rotatable bonds is 9. The molecule has 12 heteroatoms. The Bertz CT molecular complexity index is 1390. The van der Waals surface area contributed by atoms with Crippen LogP contribution in [0.4, 0.5) is 27.5 Å². The van der Waals surface area contributed by atoms with Crippen LogP contribution in [0.5, 0.6) is 0 Å². The molecule has 4 aromatic rings. The smallest absolute Gasteiger partial charge is 0.360 e. The first-order valence-corrected chi connectivity index (χ1v) is 11.6. The molecular weight excluding hydrogens is 460 g/mol. The van der Waals surface area contributed by atoms with Gasteiger partial charge in [0.25, 0.3) is 0 Å². The molecule has 2 aromatic carbocycles. The van der Waals surface area contributed by atoms with Crippen molar-refractivity contribution < 1.29 is 18.0 Å². The fourth-order valence-electron chi connectivity index (χ4n) is 3.26. The molecule has 2 heterocycles. The lowest BCUT2D eigenvalue weighted by molar-refractivity contribution is 0.287. The van der Waals surface area contributed by atoms with Crippen LogP contribution in [-0.2, 0) is 20.2 Å². The fraction of sp³-hybridized carbons (Fsp3) is 0.136. The lowest BCUT2D eigenvalue weighted by Crippen LogP contribution is -2.10. The molecule has 2 aromatic heterocycles. The van der Waals surface area contributed by atoms with E-state index in [1.807, 2.05) is 30.3 Å². The molecule has 0 aliphatic heterocycles. The summed E-state index contributed by atoms with van der Waals surface area (Å²) in [5.74, 6) is -0.107. The highest BCUT2D eigenvalue weighted by molar-refractivity contribution is 7.62. The SMILES string of the molecule is COP(=O)(OC)c1ccc(Nc2cnc(N=N)c(NCc3ccc4ncccc4c3)n2)c(F)c1. The number of benzene rings is 2. The zero-order valence-corrected chi connectivity index (χ0v) is 19.2. The fourth-order valence-corrected chi connectivity index (χ4v) is 4.36. The third-order valence-electron chi connectivity index (χ3n) is 5.00. The van der Waals surface area contributed by atoms with Crippen molar-refractivity contribution in [3.8, 4) is 0 Å². The highest BCUT2D eigenvalue weighted by Gasteiger charge is 2.25. The maximum absolute atomic E-state index is 14.7. The Hall–Kier alpha value is -3.79. The molecule has 0 aliphatic rings. The van der Waals surface area contributed by atoms with Crippen LogP contribution in [0.3, 0.4) is 0 Å². The summed E-state index contributed by atoms with van der Waals surface area (Å²) in [4.78, 5) is 12.8. The Kier molecular flexibility index (Phi) is 6.87. The van der Waals surface area contributed by atoms with Crippen molar-refractivity contribution in [3.63, 3.8) is 0 Å². The van der Waals surface area contributed by atoms with E-state index in [1.165, 1.54) is 32.5 Å². The maximum Gasteiger partial charge on any atom is 0.360 e. The van der Waals surface area contributed by atoms with Crippen LogP contribution in [0.1, 0.15) is 5.56 Å². The van der Waals surface area contributed by atoms with Gasteiger partial charge in [-0.3, -0.25) is 9.55 Å². The van der Waals surface area contributed by atoms with Crippen LogP contribution in [0.15, 0.2) is 66.0 Å². The minimum absolute atomic E-state index is 0.0837. The molecule has 10 nitrogen and oxygen atoms in total. The van der Waals surface area contributed by atoms with Crippen LogP contribution in [0, 0.1) is 11.3 Å². The van der Waals surface area contributed by atoms with Gasteiger partial charge in [0, 0.05) is 32.3 Å². The van der Waals surface area contributed by atoms with E-state index in [4.69, 9.17) is 14.6 Å². The van der Waals surface area contributed by atoms with Crippen molar-refractivity contribution in [3.05, 3.63) is 72.3 Å². The third-order valence-corrected chi connectivity index (χ3v) is 6.87. The number of hydrogen-bond donors (Lipinski definition) is 3. The Balaban J connectivity index is 1.54. The van der Waals surface area contributed by atoms with E-state index in [1.54, 1.807) is 6.20 Å². The molecule has 4 rings (SSSR count). The molecule has 0 aliphatic carbocycles. The van der Waals surface area contributed by atoms with Crippen LogP contribution in [0.25, 0.3) is 10.9 Å². The molecule has 3 N–H and O–H groups in total. The van der Waals surface area contributed by atoms with Crippen LogP contribution in [0.2, 0.25) is 0 Å². The monoisotopic (exact) mass is 481 g/mol. The number of fused-ring (bicyclic) bond motifs is 1. The summed E-state index contributed by atoms with van der Waals surface area (Å²) in [6.07, 6.45) is 3.07. The molecule has 0 saturated carbocycles. The molecule has 0 fully saturated rings. The zero-order valence-electron chi connectivity index (χ0n) is 18.3. The highest BCUT2D eigenvalue weighted by atomic mass is 31.2. The normalized spacial score (nSPS) is 11.4. The summed E-state index contributed by atoms with van der Waals surface area (Å²) >= 11 is 0. The first-order chi connectivity index (χ1) is 16.5. The van der Waals surface area contributed by atoms with Crippen LogP contribution >= 0.6 is 7.60 Å². The van der Waals surface area contributed by atoms with Crippen molar-refractivity contribution in [2.75, 3.05) is 24.9 Å². The average molecular weight is 481 g/mol. The van der Waals surface area contributed by atoms with Gasteiger partial charge in [-0.15, -0.1) is 5.11 Å². The second kappa shape index (κ2) is 10.0. The van der Waals surface area contributed by atoms with Crippen LogP contribution in [-0.4, -0.2) is 29.2 Å². The summed E-state index contributed by atoms with van der Waals surface area (Å²) in [6, 6.07) is 13.6. The van der Waals surface area contributed by atoms with Gasteiger partial charge in [0.1, 0.15) is 5.82 Å². The van der Waals surface area contributed by atoms with Crippen molar-refractivity contribution >= 4 is 46.9 Å². The second-order valence-electron chi connectivity index (χ2n) is 7.08. The van der Waals surface area contributed by atoms with Crippen molar-refractivity contribution in [2.24, 2.45) is 5.11 Å². The predicted octanol–water partition coefficient (Wildman–Crippen LogP) is 5.29. The number of nitrogens with zero attached hydrogens (tertiary/aromatic N) is 4. The van der Waals surface area contributed by atoms with Crippen LogP contribution < -0.4 is 15.9 Å². The van der Waals surface area contributed by atoms with Gasteiger partial charge < -0.3 is 19.7 Å². The summed E-state index contributed by atoms with van der Waals surface area (Å²) in [5.41, 5.74) is 9.31. The Morgan fingerprint density at radius 2 is 1.94 bits per heavy atom. The molecule has 0 radical (unpaired) electrons. The Morgan fingerprint density at radius 1 is 1.12 bits per heavy atom. The van der Waals surface area contributed by atoms with E-state index in [9.17, 15) is 8.96 Å². The molecule has 0 spiro atoms. The first-order valence-electron chi connectivity index (χ1n) is 10.1. The van der Waals surface area contributed by atoms with E-state index in [0.717, 1.165) is 22.5 Å². The molecular formula is C22H21FN7O3P. The zero-order chi connectivity index (χ0) is 24.1. The summed E-state index contributed by atoms with van der Waals surface area (Å²) < 4.78 is 36.9. The van der Waals surface area contributed by atoms with Crippen molar-refractivity contribution in [1.29, 1.82) is 5.53 Å². The van der Waals surface area contributed by atoms with Crippen molar-refractivity contribution in [1.82, 2.24) is 15.0 Å². The van der Waals surface area contributed by atoms with Crippen molar-refractivity contribution in [2.45, 2.75) is 6.54 Å². The number of pyridine rings is 1. The minimum atomic E-state index is -3.58. The van der Waals surface area contributed by atoms with Gasteiger partial charge in [-0.05, 0) is 42.0 Å². The van der Waals surface area contributed by atoms with E-state index in [-0.39, 0.29) is 28.4 Å². The molecule has 0 bridgehead atoms. The van der Waals surface area contributed by atoms with E-state index < -0.39 is 13.4 Å². The highest BCUT2D eigenvalue weighted by Crippen LogP contribution is 2.45. The topological polar surface area (TPSA) is 134 Å². The van der Waals surface area contributed by atoms with Gasteiger partial charge >= 0.3 is 7.60 Å². The molecule has 0 amide bonds. The lowest BCUT2D eigenvalue weighted by atomic mass is 10.1. The maximum atomic E-state index is 14.7. The summed E-state index contributed by atoms with van der Waals surface area (Å²) in [7, 11) is -1.12. The van der Waals surface area contributed by atoms with Gasteiger partial charge in [-0.2, -0.15) is 0 Å². The Morgan fingerprint density at radius 3 is 2.68 bits per heavy atom. The second-order valence-corrected chi connectivity index (χ2v) is 9.32. The van der Waals surface area contributed by atoms with Gasteiger partial charge in [0.05, 0.1) is 22.7 Å². The van der Waals surface area contributed by atoms with E-state index >= 15 is 0 Å². The number of hydrogen-bond acceptors (Lipinski definition) is 10. The molecule has 174 valence electrons. The average Bonchev–Trinajstić information content (AvgIpc) is 2.88. The van der Waals surface area contributed by atoms with Gasteiger partial charge in [-0.1, -0.05) is 12.1 Å². The number of anilines is 3. The molecule has 0 unspecified atom stereocenters. The number of halogens is 1. The van der Waals surface area contributed by atoms with Gasteiger partial charge in [-0.25, -0.2) is 19.9 Å². The largest absolute Gasteiger partial charge is 0.363 e. The van der Waals surface area contributed by atoms with E-state index in [2.05, 4.69) is 30.7 Å². The number of nitrogens with one attached hydrogen (secondary N) is 3. The lowest BCUT2D eigenvalue weighted by Gasteiger charge is -2.15. The number of aromatic nitrogens is 3.